The number of alkyl carbamates (subject to hydrolysis) is 1. The first kappa shape index (κ1) is 34.4. The lowest BCUT2D eigenvalue weighted by molar-refractivity contribution is -0.165. The lowest BCUT2D eigenvalue weighted by atomic mass is 9.85. The summed E-state index contributed by atoms with van der Waals surface area (Å²) in [6.45, 7) is 15.0. The van der Waals surface area contributed by atoms with Crippen molar-refractivity contribution in [3.8, 4) is 11.6 Å². The van der Waals surface area contributed by atoms with E-state index >= 15 is 0 Å². The maximum absolute atomic E-state index is 14.5. The Balaban J connectivity index is 1.58. The van der Waals surface area contributed by atoms with Crippen LogP contribution in [0.15, 0.2) is 24.3 Å². The highest BCUT2D eigenvalue weighted by molar-refractivity contribution is 5.91. The summed E-state index contributed by atoms with van der Waals surface area (Å²) in [5.74, 6) is -0.221. The Kier molecular flexibility index (Phi) is 9.50. The van der Waals surface area contributed by atoms with Crippen molar-refractivity contribution < 1.29 is 33.3 Å². The Morgan fingerprint density at radius 3 is 2.53 bits per heavy atom. The van der Waals surface area contributed by atoms with Crippen LogP contribution in [0.25, 0.3) is 17.1 Å². The number of methoxy groups -OCH3 is 1. The smallest absolute Gasteiger partial charge is 0.408 e. The Morgan fingerprint density at radius 1 is 1.13 bits per heavy atom. The highest BCUT2D eigenvalue weighted by atomic mass is 16.6. The van der Waals surface area contributed by atoms with Gasteiger partial charge in [-0.1, -0.05) is 40.7 Å². The Hall–Kier alpha value is -3.89. The second kappa shape index (κ2) is 13.0. The van der Waals surface area contributed by atoms with Crippen molar-refractivity contribution in [2.45, 2.75) is 117 Å². The highest BCUT2D eigenvalue weighted by Gasteiger charge is 2.56. The molecule has 2 fully saturated rings. The number of carbonyl (C=O) groups is 3. The van der Waals surface area contributed by atoms with Crippen molar-refractivity contribution in [3.05, 3.63) is 30.0 Å². The molecule has 2 aliphatic heterocycles. The number of benzene rings is 1. The van der Waals surface area contributed by atoms with Gasteiger partial charge in [0.05, 0.1) is 24.7 Å². The third-order valence-corrected chi connectivity index (χ3v) is 9.50. The van der Waals surface area contributed by atoms with Crippen LogP contribution >= 0.6 is 0 Å². The summed E-state index contributed by atoms with van der Waals surface area (Å²) in [4.78, 5) is 52.9. The molecular formula is C36H50N4O7. The standard InChI is InChI=1S/C36H50N4O7/c1-10-36-19-22(36)14-12-11-13-15-25-30(38-26-18-23(44-9)16-17-24(26)37-25)45-27-20-40(28(21(27)2)32(42)46-35(6,7)8)31(41)29(34(3,4)5)39-33(43)47-36/h13,15-18,21-22,27-29H,10-12,14,19-20H2,1-9H3,(H,39,43)/b15-13+/t21-,22?,27+,28+,29-,36?/m1/s1. The van der Waals surface area contributed by atoms with Crippen molar-refractivity contribution in [2.75, 3.05) is 13.7 Å². The number of hydrogen-bond acceptors (Lipinski definition) is 9. The minimum atomic E-state index is -0.970. The molecule has 0 radical (unpaired) electrons. The minimum absolute atomic E-state index is 0.0785. The molecule has 1 N–H and O–H groups in total. The lowest BCUT2D eigenvalue weighted by Crippen LogP contribution is -2.58. The van der Waals surface area contributed by atoms with E-state index in [2.05, 4.69) is 11.4 Å². The molecule has 11 heteroatoms. The number of ether oxygens (including phenoxy) is 4. The molecule has 1 saturated heterocycles. The summed E-state index contributed by atoms with van der Waals surface area (Å²) in [7, 11) is 1.59. The van der Waals surface area contributed by atoms with Gasteiger partial charge in [-0.2, -0.15) is 0 Å². The molecule has 1 saturated carbocycles. The molecule has 6 atom stereocenters. The normalized spacial score (nSPS) is 29.3. The zero-order valence-corrected chi connectivity index (χ0v) is 29.2. The predicted octanol–water partition coefficient (Wildman–Crippen LogP) is 6.08. The van der Waals surface area contributed by atoms with Crippen LogP contribution in [0.5, 0.6) is 11.6 Å². The summed E-state index contributed by atoms with van der Waals surface area (Å²) in [5.41, 5.74) is -0.162. The lowest BCUT2D eigenvalue weighted by Gasteiger charge is -2.36. The van der Waals surface area contributed by atoms with Gasteiger partial charge < -0.3 is 29.2 Å². The molecule has 1 aliphatic carbocycles. The third kappa shape index (κ3) is 7.49. The molecule has 11 nitrogen and oxygen atoms in total. The van der Waals surface area contributed by atoms with E-state index in [1.54, 1.807) is 33.9 Å². The SMILES string of the molecule is CCC12CC1CCC/C=C/c1nc3ccc(OC)cc3nc1O[C@H]1CN(C(=O)[C@H](C(C)(C)C)NC(=O)O2)[C@H](C(=O)OC(C)(C)C)[C@@H]1C. The van der Waals surface area contributed by atoms with E-state index in [-0.39, 0.29) is 12.5 Å². The molecule has 47 heavy (non-hydrogen) atoms. The summed E-state index contributed by atoms with van der Waals surface area (Å²) in [6, 6.07) is 3.56. The first-order valence-corrected chi connectivity index (χ1v) is 16.8. The largest absolute Gasteiger partial charge is 0.497 e. The van der Waals surface area contributed by atoms with Gasteiger partial charge in [-0.05, 0) is 76.5 Å². The average molecular weight is 651 g/mol. The Bertz CT molecular complexity index is 1540. The number of allylic oxidation sites excluding steroid dienone is 1. The van der Waals surface area contributed by atoms with Gasteiger partial charge in [-0.25, -0.2) is 19.6 Å². The molecule has 2 aromatic rings. The van der Waals surface area contributed by atoms with E-state index in [1.807, 2.05) is 52.8 Å². The monoisotopic (exact) mass is 650 g/mol. The fourth-order valence-corrected chi connectivity index (χ4v) is 6.71. The quantitative estimate of drug-likeness (QED) is 0.393. The van der Waals surface area contributed by atoms with Gasteiger partial charge in [-0.15, -0.1) is 0 Å². The van der Waals surface area contributed by atoms with E-state index in [4.69, 9.17) is 28.9 Å². The molecule has 1 aromatic carbocycles. The van der Waals surface area contributed by atoms with Crippen LogP contribution in [-0.2, 0) is 19.1 Å². The van der Waals surface area contributed by atoms with E-state index in [9.17, 15) is 14.4 Å². The second-order valence-electron chi connectivity index (χ2n) is 15.2. The Morgan fingerprint density at radius 2 is 1.87 bits per heavy atom. The van der Waals surface area contributed by atoms with Crippen molar-refractivity contribution in [1.82, 2.24) is 20.2 Å². The fourth-order valence-electron chi connectivity index (χ4n) is 6.71. The number of fused-ring (bicyclic) bond motifs is 5. The van der Waals surface area contributed by atoms with Crippen molar-refractivity contribution in [2.24, 2.45) is 17.3 Å². The average Bonchev–Trinajstić information content (AvgIpc) is 3.57. The van der Waals surface area contributed by atoms with E-state index < -0.39 is 58.7 Å². The molecule has 3 aliphatic rings. The van der Waals surface area contributed by atoms with Gasteiger partial charge in [0.15, 0.2) is 0 Å². The fraction of sp³-hybridized carbons (Fsp3) is 0.639. The van der Waals surface area contributed by atoms with Crippen molar-refractivity contribution in [3.63, 3.8) is 0 Å². The number of amides is 2. The number of nitrogens with zero attached hydrogens (tertiary/aromatic N) is 3. The molecule has 2 bridgehead atoms. The topological polar surface area (TPSA) is 129 Å². The molecule has 3 heterocycles. The third-order valence-electron chi connectivity index (χ3n) is 9.50. The number of hydrogen-bond donors (Lipinski definition) is 1. The van der Waals surface area contributed by atoms with Crippen molar-refractivity contribution in [1.29, 1.82) is 0 Å². The number of rotatable bonds is 3. The molecular weight excluding hydrogens is 600 g/mol. The van der Waals surface area contributed by atoms with Crippen LogP contribution in [0.2, 0.25) is 0 Å². The van der Waals surface area contributed by atoms with Gasteiger partial charge >= 0.3 is 12.1 Å². The molecule has 2 unspecified atom stereocenters. The summed E-state index contributed by atoms with van der Waals surface area (Å²) < 4.78 is 23.9. The highest BCUT2D eigenvalue weighted by Crippen LogP contribution is 2.52. The second-order valence-corrected chi connectivity index (χ2v) is 15.2. The number of carbonyl (C=O) groups excluding carboxylic acids is 3. The van der Waals surface area contributed by atoms with Crippen LogP contribution in [0, 0.1) is 17.3 Å². The zero-order valence-electron chi connectivity index (χ0n) is 29.2. The maximum Gasteiger partial charge on any atom is 0.408 e. The van der Waals surface area contributed by atoms with E-state index in [0.29, 0.717) is 34.8 Å². The first-order chi connectivity index (χ1) is 22.0. The van der Waals surface area contributed by atoms with Gasteiger partial charge in [0.25, 0.3) is 0 Å². The number of nitrogens with one attached hydrogen (secondary N) is 1. The zero-order chi connectivity index (χ0) is 34.3. The van der Waals surface area contributed by atoms with Crippen LogP contribution in [-0.4, -0.2) is 75.9 Å². The van der Waals surface area contributed by atoms with Crippen LogP contribution in [0.4, 0.5) is 4.79 Å². The minimum Gasteiger partial charge on any atom is -0.497 e. The van der Waals surface area contributed by atoms with E-state index in [0.717, 1.165) is 25.7 Å². The number of aromatic nitrogens is 2. The van der Waals surface area contributed by atoms with Gasteiger partial charge in [0.1, 0.15) is 40.8 Å². The van der Waals surface area contributed by atoms with Crippen LogP contribution in [0.1, 0.15) is 93.2 Å². The van der Waals surface area contributed by atoms with Crippen molar-refractivity contribution >= 4 is 35.1 Å². The molecule has 1 aromatic heterocycles. The van der Waals surface area contributed by atoms with Gasteiger partial charge in [-0.3, -0.25) is 4.79 Å². The first-order valence-electron chi connectivity index (χ1n) is 16.8. The summed E-state index contributed by atoms with van der Waals surface area (Å²) in [6.07, 6.45) is 6.85. The summed E-state index contributed by atoms with van der Waals surface area (Å²) >= 11 is 0. The van der Waals surface area contributed by atoms with Crippen LogP contribution < -0.4 is 14.8 Å². The van der Waals surface area contributed by atoms with Crippen LogP contribution in [0.3, 0.4) is 0 Å². The van der Waals surface area contributed by atoms with E-state index in [1.165, 1.54) is 4.90 Å². The van der Waals surface area contributed by atoms with Gasteiger partial charge in [0, 0.05) is 17.9 Å². The van der Waals surface area contributed by atoms with Gasteiger partial charge in [0.2, 0.25) is 11.8 Å². The molecule has 0 spiro atoms. The molecule has 256 valence electrons. The maximum atomic E-state index is 14.5. The Labute approximate surface area is 277 Å². The molecule has 5 rings (SSSR count). The molecule has 2 amide bonds. The summed E-state index contributed by atoms with van der Waals surface area (Å²) in [5, 5.41) is 2.89. The number of esters is 1. The predicted molar refractivity (Wildman–Crippen MR) is 178 cm³/mol.